The van der Waals surface area contributed by atoms with Crippen molar-refractivity contribution in [3.8, 4) is 0 Å². The Kier molecular flexibility index (Phi) is 4.64. The van der Waals surface area contributed by atoms with Crippen LogP contribution in [0, 0.1) is 3.57 Å². The molecule has 2 rings (SSSR count). The first-order chi connectivity index (χ1) is 8.97. The first-order valence-electron chi connectivity index (χ1n) is 5.15. The van der Waals surface area contributed by atoms with Gasteiger partial charge in [-0.1, -0.05) is 11.6 Å². The van der Waals surface area contributed by atoms with E-state index in [1.54, 1.807) is 24.3 Å². The highest BCUT2D eigenvalue weighted by atomic mass is 127. The molecule has 1 amide bonds. The summed E-state index contributed by atoms with van der Waals surface area (Å²) in [5.74, 6) is -0.129. The van der Waals surface area contributed by atoms with Gasteiger partial charge < -0.3 is 11.1 Å². The van der Waals surface area contributed by atoms with E-state index in [1.165, 1.54) is 6.20 Å². The molecule has 2 aromatic rings. The number of hydrogen-bond donors (Lipinski definition) is 2. The van der Waals surface area contributed by atoms with E-state index in [0.717, 1.165) is 3.57 Å². The summed E-state index contributed by atoms with van der Waals surface area (Å²) in [7, 11) is 0. The molecule has 1 aromatic heterocycles. The van der Waals surface area contributed by atoms with Crippen LogP contribution in [0.4, 0.5) is 11.5 Å². The van der Waals surface area contributed by atoms with Crippen molar-refractivity contribution in [2.45, 2.75) is 0 Å². The first kappa shape index (κ1) is 14.5. The lowest BCUT2D eigenvalue weighted by atomic mass is 10.2. The van der Waals surface area contributed by atoms with Crippen LogP contribution >= 0.6 is 50.1 Å². The highest BCUT2D eigenvalue weighted by Crippen LogP contribution is 2.24. The molecule has 0 aliphatic rings. The molecule has 0 saturated heterocycles. The lowest BCUT2D eigenvalue weighted by Crippen LogP contribution is -2.15. The third-order valence-corrected chi connectivity index (χ3v) is 3.87. The average molecular weight is 452 g/mol. The van der Waals surface area contributed by atoms with Crippen LogP contribution in [-0.4, -0.2) is 10.9 Å². The van der Waals surface area contributed by atoms with Crippen molar-refractivity contribution in [1.29, 1.82) is 0 Å². The molecular weight excluding hydrogens is 444 g/mol. The Morgan fingerprint density at radius 1 is 1.42 bits per heavy atom. The number of pyridine rings is 1. The molecule has 0 saturated carbocycles. The van der Waals surface area contributed by atoms with Gasteiger partial charge in [0, 0.05) is 19.3 Å². The first-order valence-corrected chi connectivity index (χ1v) is 7.40. The van der Waals surface area contributed by atoms with Gasteiger partial charge in [-0.25, -0.2) is 4.98 Å². The summed E-state index contributed by atoms with van der Waals surface area (Å²) >= 11 is 11.2. The zero-order valence-electron chi connectivity index (χ0n) is 9.45. The second-order valence-electron chi connectivity index (χ2n) is 3.66. The summed E-state index contributed by atoms with van der Waals surface area (Å²) < 4.78 is 1.54. The van der Waals surface area contributed by atoms with E-state index >= 15 is 0 Å². The monoisotopic (exact) mass is 451 g/mol. The van der Waals surface area contributed by atoms with E-state index in [4.69, 9.17) is 17.3 Å². The number of carbonyl (C=O) groups is 1. The molecule has 0 spiro atoms. The van der Waals surface area contributed by atoms with Crippen LogP contribution in [0.5, 0.6) is 0 Å². The van der Waals surface area contributed by atoms with E-state index < -0.39 is 0 Å². The van der Waals surface area contributed by atoms with Crippen molar-refractivity contribution in [2.75, 3.05) is 11.1 Å². The van der Waals surface area contributed by atoms with E-state index in [0.29, 0.717) is 20.7 Å². The average Bonchev–Trinajstić information content (AvgIpc) is 2.35. The van der Waals surface area contributed by atoms with Crippen LogP contribution in [0.2, 0.25) is 5.02 Å². The van der Waals surface area contributed by atoms with Gasteiger partial charge in [-0.3, -0.25) is 4.79 Å². The predicted molar refractivity (Wildman–Crippen MR) is 88.5 cm³/mol. The van der Waals surface area contributed by atoms with Crippen LogP contribution in [0.3, 0.4) is 0 Å². The maximum atomic E-state index is 12.1. The number of nitrogen functional groups attached to an aromatic ring is 1. The van der Waals surface area contributed by atoms with E-state index in [-0.39, 0.29) is 11.7 Å². The summed E-state index contributed by atoms with van der Waals surface area (Å²) in [5, 5.41) is 3.39. The molecule has 4 nitrogen and oxygen atoms in total. The maximum Gasteiger partial charge on any atom is 0.259 e. The van der Waals surface area contributed by atoms with Gasteiger partial charge in [-0.15, -0.1) is 0 Å². The molecule has 0 fully saturated rings. The van der Waals surface area contributed by atoms with Gasteiger partial charge in [-0.05, 0) is 62.8 Å². The minimum Gasteiger partial charge on any atom is -0.383 e. The lowest BCUT2D eigenvalue weighted by Gasteiger charge is -2.09. The number of nitrogens with zero attached hydrogens (tertiary/aromatic N) is 1. The number of anilines is 2. The fourth-order valence-electron chi connectivity index (χ4n) is 1.41. The Morgan fingerprint density at radius 3 is 2.84 bits per heavy atom. The number of halogens is 3. The molecule has 7 heteroatoms. The summed E-state index contributed by atoms with van der Waals surface area (Å²) in [6, 6.07) is 6.84. The van der Waals surface area contributed by atoms with Gasteiger partial charge in [0.25, 0.3) is 5.91 Å². The van der Waals surface area contributed by atoms with Crippen LogP contribution in [0.1, 0.15) is 10.4 Å². The molecular formula is C12H8BrClIN3O. The largest absolute Gasteiger partial charge is 0.383 e. The summed E-state index contributed by atoms with van der Waals surface area (Å²) in [6.45, 7) is 0. The Labute approximate surface area is 137 Å². The highest BCUT2D eigenvalue weighted by Gasteiger charge is 2.13. The van der Waals surface area contributed by atoms with Crippen molar-refractivity contribution in [3.63, 3.8) is 0 Å². The maximum absolute atomic E-state index is 12.1. The molecule has 19 heavy (non-hydrogen) atoms. The Balaban J connectivity index is 2.28. The molecule has 0 aliphatic heterocycles. The number of amides is 1. The summed E-state index contributed by atoms with van der Waals surface area (Å²) in [4.78, 5) is 16.1. The normalized spacial score (nSPS) is 10.3. The number of nitrogens with one attached hydrogen (secondary N) is 1. The minimum atomic E-state index is -0.313. The Bertz CT molecular complexity index is 651. The number of benzene rings is 1. The number of rotatable bonds is 2. The van der Waals surface area contributed by atoms with E-state index in [1.807, 2.05) is 0 Å². The number of aromatic nitrogens is 1. The summed E-state index contributed by atoms with van der Waals surface area (Å²) in [6.07, 6.45) is 1.54. The van der Waals surface area contributed by atoms with Crippen molar-refractivity contribution < 1.29 is 4.79 Å². The molecule has 0 aliphatic carbocycles. The predicted octanol–water partition coefficient (Wildman–Crippen LogP) is 3.94. The third kappa shape index (κ3) is 3.58. The standard InChI is InChI=1S/C12H8BrClIN3O/c13-6-3-8(11(16)17-5-6)12(19)18-10-2-1-7(14)4-9(10)15/h1-5H,(H2,16,17)(H,18,19). The van der Waals surface area contributed by atoms with Gasteiger partial charge in [0.15, 0.2) is 0 Å². The minimum absolute atomic E-state index is 0.185. The van der Waals surface area contributed by atoms with Crippen molar-refractivity contribution in [2.24, 2.45) is 0 Å². The molecule has 0 atom stereocenters. The smallest absolute Gasteiger partial charge is 0.259 e. The number of hydrogen-bond acceptors (Lipinski definition) is 3. The fraction of sp³-hybridized carbons (Fsp3) is 0. The van der Waals surface area contributed by atoms with Gasteiger partial charge >= 0.3 is 0 Å². The van der Waals surface area contributed by atoms with Gasteiger partial charge in [-0.2, -0.15) is 0 Å². The van der Waals surface area contributed by atoms with E-state index in [9.17, 15) is 4.79 Å². The van der Waals surface area contributed by atoms with Gasteiger partial charge in [0.05, 0.1) is 11.3 Å². The Morgan fingerprint density at radius 2 is 2.16 bits per heavy atom. The molecule has 0 bridgehead atoms. The quantitative estimate of drug-likeness (QED) is 0.679. The third-order valence-electron chi connectivity index (χ3n) is 2.31. The van der Waals surface area contributed by atoms with Crippen LogP contribution in [-0.2, 0) is 0 Å². The second kappa shape index (κ2) is 6.06. The summed E-state index contributed by atoms with van der Waals surface area (Å²) in [5.41, 5.74) is 6.69. The Hall–Kier alpha value is -0.860. The lowest BCUT2D eigenvalue weighted by molar-refractivity contribution is 0.102. The van der Waals surface area contributed by atoms with E-state index in [2.05, 4.69) is 48.8 Å². The molecule has 3 N–H and O–H groups in total. The molecule has 0 unspecified atom stereocenters. The molecule has 1 heterocycles. The van der Waals surface area contributed by atoms with Gasteiger partial charge in [0.1, 0.15) is 5.82 Å². The van der Waals surface area contributed by atoms with Gasteiger partial charge in [0.2, 0.25) is 0 Å². The molecule has 98 valence electrons. The van der Waals surface area contributed by atoms with Crippen molar-refractivity contribution in [1.82, 2.24) is 4.98 Å². The van der Waals surface area contributed by atoms with Crippen LogP contribution in [0.15, 0.2) is 34.9 Å². The van der Waals surface area contributed by atoms with Crippen LogP contribution < -0.4 is 11.1 Å². The SMILES string of the molecule is Nc1ncc(Br)cc1C(=O)Nc1ccc(Cl)cc1I. The number of nitrogens with two attached hydrogens (primary N) is 1. The highest BCUT2D eigenvalue weighted by molar-refractivity contribution is 14.1. The fourth-order valence-corrected chi connectivity index (χ4v) is 2.75. The van der Waals surface area contributed by atoms with Crippen molar-refractivity contribution in [3.05, 3.63) is 49.1 Å². The topological polar surface area (TPSA) is 68.0 Å². The second-order valence-corrected chi connectivity index (χ2v) is 6.18. The molecule has 0 radical (unpaired) electrons. The van der Waals surface area contributed by atoms with Crippen LogP contribution in [0.25, 0.3) is 0 Å². The van der Waals surface area contributed by atoms with Crippen molar-refractivity contribution >= 4 is 67.5 Å². The zero-order chi connectivity index (χ0) is 14.0. The zero-order valence-corrected chi connectivity index (χ0v) is 14.0. The molecule has 1 aromatic carbocycles. The number of carbonyl (C=O) groups excluding carboxylic acids is 1.